The Balaban J connectivity index is 1.56. The number of thioether (sulfide) groups is 1. The fourth-order valence-electron chi connectivity index (χ4n) is 3.71. The van der Waals surface area contributed by atoms with Gasteiger partial charge >= 0.3 is 0 Å². The molecule has 0 atom stereocenters. The van der Waals surface area contributed by atoms with E-state index in [1.807, 2.05) is 54.4 Å². The van der Waals surface area contributed by atoms with Crippen LogP contribution in [0, 0.1) is 0 Å². The van der Waals surface area contributed by atoms with Crippen LogP contribution in [0.4, 0.5) is 0 Å². The number of amides is 2. The molecular weight excluding hydrogens is 396 g/mol. The summed E-state index contributed by atoms with van der Waals surface area (Å²) in [5, 5.41) is 2.97. The van der Waals surface area contributed by atoms with Gasteiger partial charge in [0.25, 0.3) is 5.91 Å². The van der Waals surface area contributed by atoms with Gasteiger partial charge in [-0.1, -0.05) is 43.5 Å². The molecule has 2 amide bonds. The molecule has 160 valence electrons. The molecule has 0 aliphatic heterocycles. The molecular formula is C24H30N2O3S. The molecule has 30 heavy (non-hydrogen) atoms. The first-order chi connectivity index (χ1) is 14.6. The number of carbonyl (C=O) groups is 2. The molecule has 0 unspecified atom stereocenters. The Labute approximate surface area is 183 Å². The van der Waals surface area contributed by atoms with Crippen LogP contribution in [0.1, 0.15) is 48.0 Å². The van der Waals surface area contributed by atoms with Crippen LogP contribution in [0.5, 0.6) is 5.75 Å². The minimum Gasteiger partial charge on any atom is -0.497 e. The maximum absolute atomic E-state index is 12.7. The standard InChI is InChI=1S/C24H30N2O3S/c1-26(19-8-4-3-5-9-19)23(27)17-30-22-11-7-6-10-21(22)24(28)25-16-18-12-14-20(29-2)15-13-18/h6-7,10-15,19H,3-5,8-9,16-17H2,1-2H3,(H,25,28). The van der Waals surface area contributed by atoms with Crippen molar-refractivity contribution >= 4 is 23.6 Å². The van der Waals surface area contributed by atoms with Gasteiger partial charge in [0, 0.05) is 24.5 Å². The lowest BCUT2D eigenvalue weighted by atomic mass is 9.94. The summed E-state index contributed by atoms with van der Waals surface area (Å²) in [6, 6.07) is 15.4. The van der Waals surface area contributed by atoms with Crippen LogP contribution < -0.4 is 10.1 Å². The number of carbonyl (C=O) groups excluding carboxylic acids is 2. The molecule has 0 saturated heterocycles. The maximum atomic E-state index is 12.7. The summed E-state index contributed by atoms with van der Waals surface area (Å²) in [7, 11) is 3.54. The smallest absolute Gasteiger partial charge is 0.252 e. The van der Waals surface area contributed by atoms with Crippen molar-refractivity contribution in [3.05, 3.63) is 59.7 Å². The third-order valence-electron chi connectivity index (χ3n) is 5.61. The molecule has 0 radical (unpaired) electrons. The summed E-state index contributed by atoms with van der Waals surface area (Å²) in [6.07, 6.45) is 5.86. The van der Waals surface area contributed by atoms with Gasteiger partial charge in [0.05, 0.1) is 18.4 Å². The second kappa shape index (κ2) is 11.1. The average molecular weight is 427 g/mol. The summed E-state index contributed by atoms with van der Waals surface area (Å²) >= 11 is 1.43. The van der Waals surface area contributed by atoms with E-state index in [-0.39, 0.29) is 11.8 Å². The Morgan fingerprint density at radius 2 is 1.77 bits per heavy atom. The Bertz CT molecular complexity index is 848. The zero-order valence-electron chi connectivity index (χ0n) is 17.7. The molecule has 1 fully saturated rings. The first-order valence-electron chi connectivity index (χ1n) is 10.5. The summed E-state index contributed by atoms with van der Waals surface area (Å²) < 4.78 is 5.16. The second-order valence-electron chi connectivity index (χ2n) is 7.61. The van der Waals surface area contributed by atoms with Gasteiger partial charge in [0.1, 0.15) is 5.75 Å². The van der Waals surface area contributed by atoms with E-state index >= 15 is 0 Å². The first-order valence-corrected chi connectivity index (χ1v) is 11.5. The molecule has 1 aliphatic carbocycles. The first kappa shape index (κ1) is 22.2. The average Bonchev–Trinajstić information content (AvgIpc) is 2.81. The van der Waals surface area contributed by atoms with Gasteiger partial charge in [0.15, 0.2) is 0 Å². The fraction of sp³-hybridized carbons (Fsp3) is 0.417. The number of nitrogens with one attached hydrogen (secondary N) is 1. The Morgan fingerprint density at radius 3 is 2.47 bits per heavy atom. The summed E-state index contributed by atoms with van der Waals surface area (Å²) in [5.74, 6) is 1.12. The lowest BCUT2D eigenvalue weighted by Gasteiger charge is -2.31. The maximum Gasteiger partial charge on any atom is 0.252 e. The highest BCUT2D eigenvalue weighted by Crippen LogP contribution is 2.26. The third-order valence-corrected chi connectivity index (χ3v) is 6.67. The van der Waals surface area contributed by atoms with Crippen molar-refractivity contribution in [1.29, 1.82) is 0 Å². The van der Waals surface area contributed by atoms with E-state index in [4.69, 9.17) is 4.74 Å². The van der Waals surface area contributed by atoms with Crippen molar-refractivity contribution in [3.63, 3.8) is 0 Å². The Hall–Kier alpha value is -2.47. The van der Waals surface area contributed by atoms with Crippen LogP contribution in [-0.4, -0.2) is 42.7 Å². The number of hydrogen-bond donors (Lipinski definition) is 1. The van der Waals surface area contributed by atoms with Crippen LogP contribution in [0.3, 0.4) is 0 Å². The zero-order valence-corrected chi connectivity index (χ0v) is 18.5. The number of ether oxygens (including phenoxy) is 1. The molecule has 3 rings (SSSR count). The minimum atomic E-state index is -0.137. The van der Waals surface area contributed by atoms with Crippen LogP contribution in [0.2, 0.25) is 0 Å². The summed E-state index contributed by atoms with van der Waals surface area (Å²) in [6.45, 7) is 0.436. The Kier molecular flexibility index (Phi) is 8.20. The van der Waals surface area contributed by atoms with Crippen molar-refractivity contribution in [2.75, 3.05) is 19.9 Å². The lowest BCUT2D eigenvalue weighted by Crippen LogP contribution is -2.39. The molecule has 0 bridgehead atoms. The highest BCUT2D eigenvalue weighted by molar-refractivity contribution is 8.00. The van der Waals surface area contributed by atoms with E-state index in [1.54, 1.807) is 13.2 Å². The molecule has 5 nitrogen and oxygen atoms in total. The SMILES string of the molecule is COc1ccc(CNC(=O)c2ccccc2SCC(=O)N(C)C2CCCCC2)cc1. The summed E-state index contributed by atoms with van der Waals surface area (Å²) in [5.41, 5.74) is 1.60. The van der Waals surface area contributed by atoms with Gasteiger partial charge in [-0.25, -0.2) is 0 Å². The quantitative estimate of drug-likeness (QED) is 0.631. The molecule has 0 heterocycles. The minimum absolute atomic E-state index is 0.125. The molecule has 1 saturated carbocycles. The normalized spacial score (nSPS) is 14.2. The fourth-order valence-corrected chi connectivity index (χ4v) is 4.69. The van der Waals surface area contributed by atoms with E-state index in [9.17, 15) is 9.59 Å². The molecule has 1 aliphatic rings. The number of rotatable bonds is 8. The van der Waals surface area contributed by atoms with E-state index < -0.39 is 0 Å². The van der Waals surface area contributed by atoms with E-state index in [2.05, 4.69) is 5.32 Å². The van der Waals surface area contributed by atoms with E-state index in [0.29, 0.717) is 23.9 Å². The third kappa shape index (κ3) is 6.02. The monoisotopic (exact) mass is 426 g/mol. The second-order valence-corrected chi connectivity index (χ2v) is 8.63. The topological polar surface area (TPSA) is 58.6 Å². The van der Waals surface area contributed by atoms with E-state index in [1.165, 1.54) is 31.0 Å². The molecule has 2 aromatic rings. The van der Waals surface area contributed by atoms with Crippen LogP contribution >= 0.6 is 11.8 Å². The van der Waals surface area contributed by atoms with Crippen LogP contribution in [0.15, 0.2) is 53.4 Å². The van der Waals surface area contributed by atoms with Crippen LogP contribution in [-0.2, 0) is 11.3 Å². The molecule has 1 N–H and O–H groups in total. The number of methoxy groups -OCH3 is 1. The summed E-state index contributed by atoms with van der Waals surface area (Å²) in [4.78, 5) is 28.1. The van der Waals surface area contributed by atoms with Gasteiger partial charge in [-0.2, -0.15) is 0 Å². The van der Waals surface area contributed by atoms with Crippen LogP contribution in [0.25, 0.3) is 0 Å². The predicted octanol–water partition coefficient (Wildman–Crippen LogP) is 4.51. The van der Waals surface area contributed by atoms with Gasteiger partial charge in [0.2, 0.25) is 5.91 Å². The highest BCUT2D eigenvalue weighted by atomic mass is 32.2. The van der Waals surface area contributed by atoms with Crippen molar-refractivity contribution in [3.8, 4) is 5.75 Å². The lowest BCUT2D eigenvalue weighted by molar-refractivity contribution is -0.129. The number of benzene rings is 2. The largest absolute Gasteiger partial charge is 0.497 e. The van der Waals surface area contributed by atoms with Crippen molar-refractivity contribution in [2.45, 2.75) is 49.6 Å². The van der Waals surface area contributed by atoms with Gasteiger partial charge < -0.3 is 15.0 Å². The van der Waals surface area contributed by atoms with Crippen molar-refractivity contribution < 1.29 is 14.3 Å². The Morgan fingerprint density at radius 1 is 1.07 bits per heavy atom. The van der Waals surface area contributed by atoms with Gasteiger partial charge in [-0.15, -0.1) is 11.8 Å². The molecule has 0 spiro atoms. The van der Waals surface area contributed by atoms with Crippen molar-refractivity contribution in [1.82, 2.24) is 10.2 Å². The zero-order chi connectivity index (χ0) is 21.3. The molecule has 0 aromatic heterocycles. The van der Waals surface area contributed by atoms with Gasteiger partial charge in [-0.3, -0.25) is 9.59 Å². The highest BCUT2D eigenvalue weighted by Gasteiger charge is 2.22. The van der Waals surface area contributed by atoms with E-state index in [0.717, 1.165) is 29.1 Å². The number of hydrogen-bond acceptors (Lipinski definition) is 4. The predicted molar refractivity (Wildman–Crippen MR) is 121 cm³/mol. The van der Waals surface area contributed by atoms with Gasteiger partial charge in [-0.05, 0) is 42.7 Å². The molecule has 2 aromatic carbocycles. The number of nitrogens with zero attached hydrogens (tertiary/aromatic N) is 1. The molecule has 6 heteroatoms. The van der Waals surface area contributed by atoms with Crippen molar-refractivity contribution in [2.24, 2.45) is 0 Å².